The Morgan fingerprint density at radius 3 is 2.74 bits per heavy atom. The molecule has 0 radical (unpaired) electrons. The average Bonchev–Trinajstić information content (AvgIpc) is 2.47. The molecule has 4 nitrogen and oxygen atoms in total. The van der Waals surface area contributed by atoms with Crippen molar-refractivity contribution in [2.75, 3.05) is 24.6 Å². The van der Waals surface area contributed by atoms with E-state index in [1.807, 2.05) is 11.8 Å². The molecule has 1 aromatic heterocycles. The highest BCUT2D eigenvalue weighted by molar-refractivity contribution is 7.99. The van der Waals surface area contributed by atoms with E-state index in [-0.39, 0.29) is 17.1 Å². The number of benzene rings is 1. The highest BCUT2D eigenvalue weighted by Gasteiger charge is 2.21. The minimum atomic E-state index is -0.192. The lowest BCUT2D eigenvalue weighted by Crippen LogP contribution is -2.38. The van der Waals surface area contributed by atoms with Crippen molar-refractivity contribution in [3.63, 3.8) is 0 Å². The van der Waals surface area contributed by atoms with Gasteiger partial charge in [-0.25, -0.2) is 0 Å². The summed E-state index contributed by atoms with van der Waals surface area (Å²) >= 11 is 1.83. The second-order valence-electron chi connectivity index (χ2n) is 4.38. The van der Waals surface area contributed by atoms with Gasteiger partial charge in [0.25, 0.3) is 5.91 Å². The number of thioether (sulfide) groups is 1. The molecule has 19 heavy (non-hydrogen) atoms. The maximum atomic E-state index is 12.3. The van der Waals surface area contributed by atoms with Crippen LogP contribution >= 0.6 is 11.8 Å². The SMILES string of the molecule is O=C(c1cc(=O)c2ccccc2o1)N1CCSCC1. The van der Waals surface area contributed by atoms with Crippen LogP contribution in [0.15, 0.2) is 39.5 Å². The van der Waals surface area contributed by atoms with Gasteiger partial charge >= 0.3 is 0 Å². The zero-order chi connectivity index (χ0) is 13.2. The van der Waals surface area contributed by atoms with E-state index in [1.165, 1.54) is 6.07 Å². The van der Waals surface area contributed by atoms with Gasteiger partial charge in [0.2, 0.25) is 0 Å². The third-order valence-electron chi connectivity index (χ3n) is 3.14. The standard InChI is InChI=1S/C14H13NO3S/c16-11-9-13(14(17)15-5-7-19-8-6-15)18-12-4-2-1-3-10(11)12/h1-4,9H,5-8H2. The fourth-order valence-electron chi connectivity index (χ4n) is 2.13. The molecule has 2 heterocycles. The summed E-state index contributed by atoms with van der Waals surface area (Å²) in [4.78, 5) is 26.0. The number of hydrogen-bond donors (Lipinski definition) is 0. The van der Waals surface area contributed by atoms with E-state index in [0.29, 0.717) is 24.1 Å². The average molecular weight is 275 g/mol. The first-order chi connectivity index (χ1) is 9.25. The summed E-state index contributed by atoms with van der Waals surface area (Å²) in [7, 11) is 0. The van der Waals surface area contributed by atoms with Gasteiger partial charge in [0.15, 0.2) is 11.2 Å². The number of hydrogen-bond acceptors (Lipinski definition) is 4. The summed E-state index contributed by atoms with van der Waals surface area (Å²) in [5.41, 5.74) is 0.293. The molecule has 98 valence electrons. The van der Waals surface area contributed by atoms with Gasteiger partial charge in [-0.05, 0) is 12.1 Å². The first-order valence-corrected chi connectivity index (χ1v) is 7.31. The van der Waals surface area contributed by atoms with Crippen LogP contribution in [0.3, 0.4) is 0 Å². The summed E-state index contributed by atoms with van der Waals surface area (Å²) in [6.45, 7) is 1.42. The molecule has 1 saturated heterocycles. The van der Waals surface area contributed by atoms with E-state index in [0.717, 1.165) is 11.5 Å². The lowest BCUT2D eigenvalue weighted by Gasteiger charge is -2.25. The van der Waals surface area contributed by atoms with Gasteiger partial charge in [0.05, 0.1) is 5.39 Å². The summed E-state index contributed by atoms with van der Waals surface area (Å²) in [6, 6.07) is 8.28. The van der Waals surface area contributed by atoms with E-state index >= 15 is 0 Å². The number of amides is 1. The minimum Gasteiger partial charge on any atom is -0.451 e. The fourth-order valence-corrected chi connectivity index (χ4v) is 3.03. The molecule has 0 spiro atoms. The molecule has 0 unspecified atom stereocenters. The summed E-state index contributed by atoms with van der Waals surface area (Å²) in [5.74, 6) is 1.81. The highest BCUT2D eigenvalue weighted by atomic mass is 32.2. The molecule has 0 N–H and O–H groups in total. The van der Waals surface area contributed by atoms with E-state index in [1.54, 1.807) is 29.2 Å². The third-order valence-corrected chi connectivity index (χ3v) is 4.09. The molecule has 0 bridgehead atoms. The van der Waals surface area contributed by atoms with Gasteiger partial charge in [0.1, 0.15) is 5.58 Å². The largest absolute Gasteiger partial charge is 0.451 e. The normalized spacial score (nSPS) is 15.7. The van der Waals surface area contributed by atoms with E-state index < -0.39 is 0 Å². The van der Waals surface area contributed by atoms with Crippen LogP contribution in [0.2, 0.25) is 0 Å². The Kier molecular flexibility index (Phi) is 3.29. The Labute approximate surface area is 114 Å². The van der Waals surface area contributed by atoms with Crippen molar-refractivity contribution in [1.82, 2.24) is 4.90 Å². The first kappa shape index (κ1) is 12.3. The van der Waals surface area contributed by atoms with Crippen molar-refractivity contribution in [3.8, 4) is 0 Å². The molecule has 1 aliphatic heterocycles. The molecule has 3 rings (SSSR count). The molecule has 0 aliphatic carbocycles. The van der Waals surface area contributed by atoms with Crippen molar-refractivity contribution in [3.05, 3.63) is 46.3 Å². The molecular formula is C14H13NO3S. The molecule has 1 amide bonds. The maximum Gasteiger partial charge on any atom is 0.289 e. The highest BCUT2D eigenvalue weighted by Crippen LogP contribution is 2.16. The summed E-state index contributed by atoms with van der Waals surface area (Å²) in [5, 5.41) is 0.508. The Hall–Kier alpha value is -1.75. The van der Waals surface area contributed by atoms with E-state index in [2.05, 4.69) is 0 Å². The number of carbonyl (C=O) groups excluding carboxylic acids is 1. The molecule has 1 aromatic carbocycles. The van der Waals surface area contributed by atoms with E-state index in [4.69, 9.17) is 4.42 Å². The van der Waals surface area contributed by atoms with Crippen molar-refractivity contribution < 1.29 is 9.21 Å². The van der Waals surface area contributed by atoms with Crippen LogP contribution in [-0.4, -0.2) is 35.4 Å². The first-order valence-electron chi connectivity index (χ1n) is 6.15. The number of para-hydroxylation sites is 1. The zero-order valence-electron chi connectivity index (χ0n) is 10.3. The van der Waals surface area contributed by atoms with Crippen molar-refractivity contribution in [2.45, 2.75) is 0 Å². The fraction of sp³-hybridized carbons (Fsp3) is 0.286. The number of nitrogens with zero attached hydrogens (tertiary/aromatic N) is 1. The van der Waals surface area contributed by atoms with Gasteiger partial charge in [-0.1, -0.05) is 12.1 Å². The molecular weight excluding hydrogens is 262 g/mol. The van der Waals surface area contributed by atoms with Gasteiger partial charge in [-0.15, -0.1) is 0 Å². The third kappa shape index (κ3) is 2.38. The summed E-state index contributed by atoms with van der Waals surface area (Å²) < 4.78 is 5.56. The van der Waals surface area contributed by atoms with Crippen molar-refractivity contribution in [1.29, 1.82) is 0 Å². The lowest BCUT2D eigenvalue weighted by atomic mass is 10.2. The van der Waals surface area contributed by atoms with Crippen LogP contribution in [-0.2, 0) is 0 Å². The molecule has 1 aliphatic rings. The van der Waals surface area contributed by atoms with Crippen molar-refractivity contribution in [2.24, 2.45) is 0 Å². The van der Waals surface area contributed by atoms with E-state index in [9.17, 15) is 9.59 Å². The molecule has 1 fully saturated rings. The minimum absolute atomic E-state index is 0.135. The Morgan fingerprint density at radius 1 is 1.21 bits per heavy atom. The Balaban J connectivity index is 2.00. The maximum absolute atomic E-state index is 12.3. The Bertz CT molecular complexity index is 674. The zero-order valence-corrected chi connectivity index (χ0v) is 11.1. The number of rotatable bonds is 1. The molecule has 5 heteroatoms. The monoisotopic (exact) mass is 275 g/mol. The van der Waals surface area contributed by atoms with Gasteiger partial charge in [0, 0.05) is 30.7 Å². The second kappa shape index (κ2) is 5.09. The number of fused-ring (bicyclic) bond motifs is 1. The smallest absolute Gasteiger partial charge is 0.289 e. The molecule has 2 aromatic rings. The Morgan fingerprint density at radius 2 is 1.95 bits per heavy atom. The van der Waals surface area contributed by atoms with Crippen LogP contribution in [0, 0.1) is 0 Å². The quantitative estimate of drug-likeness (QED) is 0.798. The second-order valence-corrected chi connectivity index (χ2v) is 5.60. The van der Waals surface area contributed by atoms with Crippen LogP contribution < -0.4 is 5.43 Å². The van der Waals surface area contributed by atoms with Crippen LogP contribution in [0.1, 0.15) is 10.6 Å². The predicted molar refractivity (Wildman–Crippen MR) is 75.7 cm³/mol. The van der Waals surface area contributed by atoms with Crippen LogP contribution in [0.4, 0.5) is 0 Å². The van der Waals surface area contributed by atoms with Crippen molar-refractivity contribution >= 4 is 28.6 Å². The number of carbonyl (C=O) groups is 1. The van der Waals surface area contributed by atoms with Gasteiger partial charge in [-0.2, -0.15) is 11.8 Å². The predicted octanol–water partition coefficient (Wildman–Crippen LogP) is 1.98. The summed E-state index contributed by atoms with van der Waals surface area (Å²) in [6.07, 6.45) is 0. The van der Waals surface area contributed by atoms with Crippen LogP contribution in [0.5, 0.6) is 0 Å². The molecule has 0 saturated carbocycles. The van der Waals surface area contributed by atoms with Gasteiger partial charge < -0.3 is 9.32 Å². The molecule has 0 atom stereocenters. The van der Waals surface area contributed by atoms with Gasteiger partial charge in [-0.3, -0.25) is 9.59 Å². The lowest BCUT2D eigenvalue weighted by molar-refractivity contribution is 0.0741. The topological polar surface area (TPSA) is 50.5 Å². The van der Waals surface area contributed by atoms with Crippen LogP contribution in [0.25, 0.3) is 11.0 Å².